The molecule has 3 aliphatic heterocycles. The summed E-state index contributed by atoms with van der Waals surface area (Å²) in [5.74, 6) is 0.626. The second kappa shape index (κ2) is 7.43. The third-order valence-corrected chi connectivity index (χ3v) is 5.92. The first kappa shape index (κ1) is 17.0. The van der Waals surface area contributed by atoms with Crippen LogP contribution in [0, 0.1) is 11.8 Å². The Kier molecular flexibility index (Phi) is 5.05. The molecule has 0 aliphatic carbocycles. The number of aromatic nitrogens is 2. The van der Waals surface area contributed by atoms with Gasteiger partial charge in [-0.15, -0.1) is 0 Å². The van der Waals surface area contributed by atoms with E-state index in [0.717, 1.165) is 58.7 Å². The second-order valence-corrected chi connectivity index (χ2v) is 7.52. The van der Waals surface area contributed by atoms with Crippen molar-refractivity contribution in [1.29, 1.82) is 0 Å². The number of amides is 1. The molecule has 0 radical (unpaired) electrons. The van der Waals surface area contributed by atoms with E-state index in [2.05, 4.69) is 15.2 Å². The minimum atomic E-state index is -0.0689. The highest BCUT2D eigenvalue weighted by Gasteiger charge is 2.48. The topological polar surface area (TPSA) is 68.6 Å². The number of hydrogen-bond donors (Lipinski definition) is 1. The van der Waals surface area contributed by atoms with Gasteiger partial charge in [0.15, 0.2) is 0 Å². The minimum absolute atomic E-state index is 0.0305. The molecule has 3 atom stereocenters. The Bertz CT molecular complexity index is 599. The van der Waals surface area contributed by atoms with Crippen LogP contribution in [-0.4, -0.2) is 65.4 Å². The van der Waals surface area contributed by atoms with Crippen LogP contribution >= 0.6 is 0 Å². The normalized spacial score (nSPS) is 30.5. The smallest absolute Gasteiger partial charge is 0.227 e. The molecule has 1 N–H and O–H groups in total. The first-order valence-electron chi connectivity index (χ1n) is 9.38. The molecule has 0 saturated carbocycles. The number of fused-ring (bicyclic) bond motifs is 1. The van der Waals surface area contributed by atoms with Gasteiger partial charge >= 0.3 is 0 Å². The van der Waals surface area contributed by atoms with E-state index in [9.17, 15) is 4.79 Å². The first-order chi connectivity index (χ1) is 12.2. The molecule has 0 unspecified atom stereocenters. The lowest BCUT2D eigenvalue weighted by molar-refractivity contribution is -0.128. The highest BCUT2D eigenvalue weighted by atomic mass is 16.5. The molecular formula is C18H28N4O3. The number of rotatable bonds is 5. The molecule has 4 heterocycles. The number of nitrogens with one attached hydrogen (secondary N) is 1. The number of carbonyl (C=O) groups excluding carboxylic acids is 1. The number of aryl methyl sites for hydroxylation is 1. The van der Waals surface area contributed by atoms with E-state index >= 15 is 0 Å². The molecule has 1 aromatic heterocycles. The van der Waals surface area contributed by atoms with E-state index in [-0.39, 0.29) is 17.9 Å². The fourth-order valence-electron chi connectivity index (χ4n) is 4.35. The number of nitrogens with zero attached hydrogens (tertiary/aromatic N) is 3. The minimum Gasteiger partial charge on any atom is -0.381 e. The number of likely N-dealkylation sites (tertiary alicyclic amines) is 1. The van der Waals surface area contributed by atoms with Crippen molar-refractivity contribution in [2.45, 2.75) is 38.0 Å². The molecular weight excluding hydrogens is 320 g/mol. The van der Waals surface area contributed by atoms with Gasteiger partial charge in [-0.3, -0.25) is 9.69 Å². The molecule has 1 amide bonds. The monoisotopic (exact) mass is 348 g/mol. The summed E-state index contributed by atoms with van der Waals surface area (Å²) >= 11 is 0. The molecule has 7 nitrogen and oxygen atoms in total. The van der Waals surface area contributed by atoms with Gasteiger partial charge in [-0.25, -0.2) is 4.98 Å². The highest BCUT2D eigenvalue weighted by Crippen LogP contribution is 2.34. The summed E-state index contributed by atoms with van der Waals surface area (Å²) in [7, 11) is 2.01. The van der Waals surface area contributed by atoms with Crippen molar-refractivity contribution in [2.24, 2.45) is 18.9 Å². The van der Waals surface area contributed by atoms with Crippen LogP contribution in [0.4, 0.5) is 0 Å². The van der Waals surface area contributed by atoms with Crippen molar-refractivity contribution >= 4 is 5.91 Å². The number of hydrogen-bond acceptors (Lipinski definition) is 5. The lowest BCUT2D eigenvalue weighted by atomic mass is 9.98. The van der Waals surface area contributed by atoms with Crippen molar-refractivity contribution in [1.82, 2.24) is 19.8 Å². The summed E-state index contributed by atoms with van der Waals surface area (Å²) in [4.78, 5) is 19.4. The van der Waals surface area contributed by atoms with E-state index in [0.29, 0.717) is 12.0 Å². The number of imidazole rings is 1. The van der Waals surface area contributed by atoms with Crippen molar-refractivity contribution in [3.8, 4) is 0 Å². The van der Waals surface area contributed by atoms with Crippen LogP contribution in [0.5, 0.6) is 0 Å². The Morgan fingerprint density at radius 3 is 2.92 bits per heavy atom. The van der Waals surface area contributed by atoms with Gasteiger partial charge in [-0.2, -0.15) is 0 Å². The van der Waals surface area contributed by atoms with Crippen LogP contribution < -0.4 is 5.32 Å². The lowest BCUT2D eigenvalue weighted by Crippen LogP contribution is -2.40. The Morgan fingerprint density at radius 1 is 1.32 bits per heavy atom. The molecule has 138 valence electrons. The Balaban J connectivity index is 1.36. The summed E-state index contributed by atoms with van der Waals surface area (Å²) in [5.41, 5.74) is 1.17. The summed E-state index contributed by atoms with van der Waals surface area (Å²) in [6.45, 7) is 4.73. The quantitative estimate of drug-likeness (QED) is 0.842. The molecule has 1 aromatic rings. The molecule has 25 heavy (non-hydrogen) atoms. The zero-order valence-corrected chi connectivity index (χ0v) is 14.9. The molecule has 0 spiro atoms. The van der Waals surface area contributed by atoms with Gasteiger partial charge in [0.1, 0.15) is 0 Å². The fourth-order valence-corrected chi connectivity index (χ4v) is 4.35. The van der Waals surface area contributed by atoms with Gasteiger partial charge in [0.05, 0.1) is 24.0 Å². The van der Waals surface area contributed by atoms with Crippen LogP contribution in [0.1, 0.15) is 25.0 Å². The Labute approximate surface area is 148 Å². The molecule has 7 heteroatoms. The zero-order valence-electron chi connectivity index (χ0n) is 14.9. The van der Waals surface area contributed by atoms with E-state index in [1.54, 1.807) is 0 Å². The lowest BCUT2D eigenvalue weighted by Gasteiger charge is -2.23. The molecule has 0 bridgehead atoms. The molecule has 3 saturated heterocycles. The maximum Gasteiger partial charge on any atom is 0.227 e. The van der Waals surface area contributed by atoms with Gasteiger partial charge < -0.3 is 19.4 Å². The van der Waals surface area contributed by atoms with Crippen LogP contribution in [0.2, 0.25) is 0 Å². The van der Waals surface area contributed by atoms with Gasteiger partial charge in [0, 0.05) is 58.7 Å². The van der Waals surface area contributed by atoms with Crippen molar-refractivity contribution in [3.63, 3.8) is 0 Å². The Morgan fingerprint density at radius 2 is 2.16 bits per heavy atom. The highest BCUT2D eigenvalue weighted by molar-refractivity contribution is 5.80. The zero-order chi connectivity index (χ0) is 17.2. The van der Waals surface area contributed by atoms with Crippen molar-refractivity contribution in [3.05, 3.63) is 18.2 Å². The fraction of sp³-hybridized carbons (Fsp3) is 0.778. The van der Waals surface area contributed by atoms with Crippen LogP contribution in [0.15, 0.2) is 12.5 Å². The maximum atomic E-state index is 12.8. The largest absolute Gasteiger partial charge is 0.381 e. The summed E-state index contributed by atoms with van der Waals surface area (Å²) in [5, 5.41) is 3.18. The SMILES string of the molecule is Cn1cncc1CN1C[C@H](C(=O)NCC2CCOCC2)[C@H]2OCC[C@H]21. The van der Waals surface area contributed by atoms with Gasteiger partial charge in [-0.05, 0) is 25.2 Å². The van der Waals surface area contributed by atoms with Crippen molar-refractivity contribution in [2.75, 3.05) is 32.9 Å². The average Bonchev–Trinajstić information content (AvgIpc) is 3.33. The van der Waals surface area contributed by atoms with E-state index in [1.165, 1.54) is 5.69 Å². The first-order valence-corrected chi connectivity index (χ1v) is 9.38. The molecule has 0 aromatic carbocycles. The number of carbonyl (C=O) groups is 1. The summed E-state index contributed by atoms with van der Waals surface area (Å²) in [6.07, 6.45) is 6.85. The molecule has 3 aliphatic rings. The average molecular weight is 348 g/mol. The molecule has 4 rings (SSSR count). The van der Waals surface area contributed by atoms with Crippen LogP contribution in [0.3, 0.4) is 0 Å². The predicted molar refractivity (Wildman–Crippen MR) is 91.8 cm³/mol. The number of ether oxygens (including phenoxy) is 2. The maximum absolute atomic E-state index is 12.8. The summed E-state index contributed by atoms with van der Waals surface area (Å²) in [6, 6.07) is 0.341. The van der Waals surface area contributed by atoms with Gasteiger partial charge in [0.25, 0.3) is 0 Å². The Hall–Kier alpha value is -1.44. The molecule has 3 fully saturated rings. The van der Waals surface area contributed by atoms with Gasteiger partial charge in [-0.1, -0.05) is 0 Å². The third-order valence-electron chi connectivity index (χ3n) is 5.92. The van der Waals surface area contributed by atoms with E-state index in [1.807, 2.05) is 24.1 Å². The van der Waals surface area contributed by atoms with Gasteiger partial charge in [0.2, 0.25) is 5.91 Å². The van der Waals surface area contributed by atoms with Crippen molar-refractivity contribution < 1.29 is 14.3 Å². The van der Waals surface area contributed by atoms with E-state index < -0.39 is 0 Å². The predicted octanol–water partition coefficient (Wildman–Crippen LogP) is 0.552. The van der Waals surface area contributed by atoms with Crippen LogP contribution in [0.25, 0.3) is 0 Å². The standard InChI is InChI=1S/C18H28N4O3/c1-21-12-19-9-14(21)10-22-11-15(17-16(22)4-7-25-17)18(23)20-8-13-2-5-24-6-3-13/h9,12-13,15-17H,2-8,10-11H2,1H3,(H,20,23)/t15-,16+,17+/m0/s1. The summed E-state index contributed by atoms with van der Waals surface area (Å²) < 4.78 is 13.4. The van der Waals surface area contributed by atoms with E-state index in [4.69, 9.17) is 9.47 Å². The second-order valence-electron chi connectivity index (χ2n) is 7.52. The van der Waals surface area contributed by atoms with Crippen LogP contribution in [-0.2, 0) is 27.9 Å². The third kappa shape index (κ3) is 3.59.